The first-order chi connectivity index (χ1) is 9.90. The number of rotatable bonds is 4. The lowest BCUT2D eigenvalue weighted by Crippen LogP contribution is -2.36. The molecule has 0 radical (unpaired) electrons. The summed E-state index contributed by atoms with van der Waals surface area (Å²) in [4.78, 5) is 46.8. The van der Waals surface area contributed by atoms with Gasteiger partial charge in [-0.1, -0.05) is 6.07 Å². The van der Waals surface area contributed by atoms with Crippen molar-refractivity contribution in [3.63, 3.8) is 0 Å². The first kappa shape index (κ1) is 14.2. The summed E-state index contributed by atoms with van der Waals surface area (Å²) >= 11 is 0. The molecule has 2 aromatic rings. The lowest BCUT2D eigenvalue weighted by atomic mass is 10.2. The Labute approximate surface area is 116 Å². The fourth-order valence-electron chi connectivity index (χ4n) is 1.78. The molecule has 108 valence electrons. The summed E-state index contributed by atoms with van der Waals surface area (Å²) in [5, 5.41) is 19.4. The van der Waals surface area contributed by atoms with Crippen LogP contribution in [0.2, 0.25) is 0 Å². The number of benzene rings is 1. The number of aromatic nitrogens is 2. The molecule has 0 spiro atoms. The standard InChI is InChI=1S/C12H9N3O6/c16-10(17)4-7-6-13-12(19)14(11(7)18)8-2-1-3-9(5-8)15(20)21/h1-3,5-6H,4H2,(H,13,19)(H,16,17). The van der Waals surface area contributed by atoms with Crippen LogP contribution >= 0.6 is 0 Å². The van der Waals surface area contributed by atoms with Crippen molar-refractivity contribution in [2.24, 2.45) is 0 Å². The number of non-ortho nitro benzene ring substituents is 1. The summed E-state index contributed by atoms with van der Waals surface area (Å²) in [5.74, 6) is -1.23. The molecule has 0 bridgehead atoms. The maximum Gasteiger partial charge on any atom is 0.333 e. The molecule has 0 amide bonds. The molecule has 9 nitrogen and oxygen atoms in total. The number of nitro groups is 1. The SMILES string of the molecule is O=C(O)Cc1c[nH]c(=O)n(-c2cccc([N+](=O)[O-])c2)c1=O. The van der Waals surface area contributed by atoms with Crippen molar-refractivity contribution in [3.8, 4) is 5.69 Å². The van der Waals surface area contributed by atoms with Gasteiger partial charge in [-0.2, -0.15) is 0 Å². The maximum absolute atomic E-state index is 12.1. The van der Waals surface area contributed by atoms with Gasteiger partial charge in [0.25, 0.3) is 11.2 Å². The van der Waals surface area contributed by atoms with Crippen molar-refractivity contribution >= 4 is 11.7 Å². The highest BCUT2D eigenvalue weighted by Crippen LogP contribution is 2.14. The summed E-state index contributed by atoms with van der Waals surface area (Å²) in [7, 11) is 0. The molecule has 1 aromatic heterocycles. The maximum atomic E-state index is 12.1. The van der Waals surface area contributed by atoms with E-state index in [2.05, 4.69) is 4.98 Å². The summed E-state index contributed by atoms with van der Waals surface area (Å²) in [5.41, 5.74) is -2.07. The largest absolute Gasteiger partial charge is 0.481 e. The smallest absolute Gasteiger partial charge is 0.333 e. The summed E-state index contributed by atoms with van der Waals surface area (Å²) in [6, 6.07) is 4.93. The van der Waals surface area contributed by atoms with Gasteiger partial charge in [0.1, 0.15) is 0 Å². The molecule has 2 rings (SSSR count). The molecule has 0 aliphatic carbocycles. The number of nitrogens with one attached hydrogen (secondary N) is 1. The van der Waals surface area contributed by atoms with Crippen molar-refractivity contribution < 1.29 is 14.8 Å². The van der Waals surface area contributed by atoms with E-state index in [9.17, 15) is 24.5 Å². The minimum atomic E-state index is -1.23. The molecule has 0 unspecified atom stereocenters. The Kier molecular flexibility index (Phi) is 3.65. The van der Waals surface area contributed by atoms with Crippen LogP contribution in [0.3, 0.4) is 0 Å². The van der Waals surface area contributed by atoms with E-state index >= 15 is 0 Å². The number of nitrogens with zero attached hydrogens (tertiary/aromatic N) is 2. The predicted molar refractivity (Wildman–Crippen MR) is 70.7 cm³/mol. The Bertz CT molecular complexity index is 835. The second-order valence-electron chi connectivity index (χ2n) is 4.11. The fourth-order valence-corrected chi connectivity index (χ4v) is 1.78. The third-order valence-electron chi connectivity index (χ3n) is 2.69. The van der Waals surface area contributed by atoms with E-state index in [0.717, 1.165) is 12.3 Å². The van der Waals surface area contributed by atoms with Crippen LogP contribution in [0.4, 0.5) is 5.69 Å². The molecule has 1 heterocycles. The van der Waals surface area contributed by atoms with E-state index < -0.39 is 28.6 Å². The monoisotopic (exact) mass is 291 g/mol. The zero-order chi connectivity index (χ0) is 15.6. The Morgan fingerprint density at radius 3 is 2.71 bits per heavy atom. The molecule has 0 atom stereocenters. The molecule has 0 saturated carbocycles. The molecule has 0 aliphatic rings. The number of aliphatic carboxylic acids is 1. The van der Waals surface area contributed by atoms with E-state index in [-0.39, 0.29) is 16.9 Å². The first-order valence-electron chi connectivity index (χ1n) is 5.70. The Balaban J connectivity index is 2.66. The van der Waals surface area contributed by atoms with Crippen molar-refractivity contribution in [2.75, 3.05) is 0 Å². The van der Waals surface area contributed by atoms with Crippen LogP contribution in [-0.4, -0.2) is 25.6 Å². The first-order valence-corrected chi connectivity index (χ1v) is 5.70. The van der Waals surface area contributed by atoms with Gasteiger partial charge in [-0.05, 0) is 6.07 Å². The molecule has 9 heteroatoms. The molecule has 21 heavy (non-hydrogen) atoms. The Morgan fingerprint density at radius 2 is 2.10 bits per heavy atom. The number of nitro benzene ring substituents is 1. The van der Waals surface area contributed by atoms with Crippen molar-refractivity contribution in [1.29, 1.82) is 0 Å². The van der Waals surface area contributed by atoms with Crippen molar-refractivity contribution in [3.05, 3.63) is 67.0 Å². The van der Waals surface area contributed by atoms with Gasteiger partial charge in [0.2, 0.25) is 0 Å². The molecule has 0 aliphatic heterocycles. The average molecular weight is 291 g/mol. The normalized spacial score (nSPS) is 10.3. The highest BCUT2D eigenvalue weighted by molar-refractivity contribution is 5.69. The van der Waals surface area contributed by atoms with Crippen LogP contribution in [0.5, 0.6) is 0 Å². The van der Waals surface area contributed by atoms with E-state index in [1.807, 2.05) is 0 Å². The zero-order valence-corrected chi connectivity index (χ0v) is 10.5. The van der Waals surface area contributed by atoms with Gasteiger partial charge in [0.15, 0.2) is 0 Å². The third kappa shape index (κ3) is 2.86. The Morgan fingerprint density at radius 1 is 1.38 bits per heavy atom. The van der Waals surface area contributed by atoms with Gasteiger partial charge in [-0.15, -0.1) is 0 Å². The average Bonchev–Trinajstić information content (AvgIpc) is 2.42. The van der Waals surface area contributed by atoms with Crippen molar-refractivity contribution in [1.82, 2.24) is 9.55 Å². The topological polar surface area (TPSA) is 135 Å². The fraction of sp³-hybridized carbons (Fsp3) is 0.0833. The van der Waals surface area contributed by atoms with Crippen LogP contribution in [0.1, 0.15) is 5.56 Å². The minimum Gasteiger partial charge on any atom is -0.481 e. The molecular formula is C12H9N3O6. The second kappa shape index (κ2) is 5.41. The molecule has 2 N–H and O–H groups in total. The zero-order valence-electron chi connectivity index (χ0n) is 10.5. The molecule has 0 fully saturated rings. The highest BCUT2D eigenvalue weighted by Gasteiger charge is 2.14. The van der Waals surface area contributed by atoms with Gasteiger partial charge in [-0.25, -0.2) is 9.36 Å². The number of carboxylic acid groups (broad SMARTS) is 1. The van der Waals surface area contributed by atoms with E-state index in [4.69, 9.17) is 5.11 Å². The van der Waals surface area contributed by atoms with Crippen LogP contribution in [-0.2, 0) is 11.2 Å². The lowest BCUT2D eigenvalue weighted by Gasteiger charge is -2.05. The van der Waals surface area contributed by atoms with Crippen LogP contribution in [0.15, 0.2) is 40.1 Å². The van der Waals surface area contributed by atoms with E-state index in [1.54, 1.807) is 0 Å². The number of hydrogen-bond acceptors (Lipinski definition) is 5. The molecular weight excluding hydrogens is 282 g/mol. The number of carbonyl (C=O) groups is 1. The summed E-state index contributed by atoms with van der Waals surface area (Å²) in [6.45, 7) is 0. The highest BCUT2D eigenvalue weighted by atomic mass is 16.6. The number of carboxylic acids is 1. The van der Waals surface area contributed by atoms with Gasteiger partial charge in [0.05, 0.1) is 17.0 Å². The van der Waals surface area contributed by atoms with Gasteiger partial charge in [0, 0.05) is 23.9 Å². The van der Waals surface area contributed by atoms with Crippen LogP contribution in [0, 0.1) is 10.1 Å². The van der Waals surface area contributed by atoms with Crippen LogP contribution in [0.25, 0.3) is 5.69 Å². The second-order valence-corrected chi connectivity index (χ2v) is 4.11. The molecule has 0 saturated heterocycles. The van der Waals surface area contributed by atoms with Gasteiger partial charge in [-0.3, -0.25) is 19.7 Å². The number of aromatic amines is 1. The quantitative estimate of drug-likeness (QED) is 0.604. The number of hydrogen-bond donors (Lipinski definition) is 2. The van der Waals surface area contributed by atoms with Gasteiger partial charge < -0.3 is 10.1 Å². The lowest BCUT2D eigenvalue weighted by molar-refractivity contribution is -0.384. The summed E-state index contributed by atoms with van der Waals surface area (Å²) in [6.07, 6.45) is 0.456. The summed E-state index contributed by atoms with van der Waals surface area (Å²) < 4.78 is 0.658. The van der Waals surface area contributed by atoms with Gasteiger partial charge >= 0.3 is 11.7 Å². The van der Waals surface area contributed by atoms with Crippen molar-refractivity contribution in [2.45, 2.75) is 6.42 Å². The third-order valence-corrected chi connectivity index (χ3v) is 2.69. The number of H-pyrrole nitrogens is 1. The van der Waals surface area contributed by atoms with E-state index in [0.29, 0.717) is 4.57 Å². The van der Waals surface area contributed by atoms with E-state index in [1.165, 1.54) is 18.2 Å². The molecule has 1 aromatic carbocycles. The Hall–Kier alpha value is -3.23. The van der Waals surface area contributed by atoms with Crippen LogP contribution < -0.4 is 11.2 Å². The predicted octanol–water partition coefficient (Wildman–Crippen LogP) is 0.0611. The minimum absolute atomic E-state index is 0.0114.